The molecule has 1 unspecified atom stereocenters. The second kappa shape index (κ2) is 8.52. The summed E-state index contributed by atoms with van der Waals surface area (Å²) < 4.78 is 24.5. The molecule has 1 atom stereocenters. The summed E-state index contributed by atoms with van der Waals surface area (Å²) in [6, 6.07) is 3.61. The molecule has 0 bridgehead atoms. The number of ether oxygens (including phenoxy) is 1. The maximum atomic E-state index is 13.3. The average molecular weight is 418 g/mol. The SMILES string of the molecule is O=C(COc1ccc(F)c(Cl)c1)N1CCCCC1c1nnc(-c2cnccn2)o1. The van der Waals surface area contributed by atoms with Crippen LogP contribution in [0.25, 0.3) is 11.6 Å². The first kappa shape index (κ1) is 19.3. The lowest BCUT2D eigenvalue weighted by Gasteiger charge is -2.33. The highest BCUT2D eigenvalue weighted by Crippen LogP contribution is 2.31. The van der Waals surface area contributed by atoms with Crippen molar-refractivity contribution in [3.05, 3.63) is 53.5 Å². The summed E-state index contributed by atoms with van der Waals surface area (Å²) in [5, 5.41) is 8.08. The summed E-state index contributed by atoms with van der Waals surface area (Å²) in [4.78, 5) is 22.6. The molecule has 0 aliphatic carbocycles. The van der Waals surface area contributed by atoms with E-state index in [1.807, 2.05) is 0 Å². The normalized spacial score (nSPS) is 16.6. The van der Waals surface area contributed by atoms with Crippen LogP contribution in [0.1, 0.15) is 31.2 Å². The number of hydrogen-bond donors (Lipinski definition) is 0. The Morgan fingerprint density at radius 1 is 1.31 bits per heavy atom. The Balaban J connectivity index is 1.46. The molecule has 0 saturated carbocycles. The summed E-state index contributed by atoms with van der Waals surface area (Å²) in [5.74, 6) is 0.152. The van der Waals surface area contributed by atoms with Gasteiger partial charge < -0.3 is 14.1 Å². The number of rotatable bonds is 5. The van der Waals surface area contributed by atoms with Gasteiger partial charge in [0.05, 0.1) is 11.2 Å². The third-order valence-electron chi connectivity index (χ3n) is 4.58. The van der Waals surface area contributed by atoms with Crippen molar-refractivity contribution in [3.63, 3.8) is 0 Å². The van der Waals surface area contributed by atoms with Crippen LogP contribution in [0.3, 0.4) is 0 Å². The second-order valence-corrected chi connectivity index (χ2v) is 6.91. The van der Waals surface area contributed by atoms with Crippen LogP contribution < -0.4 is 4.74 Å². The zero-order chi connectivity index (χ0) is 20.2. The van der Waals surface area contributed by atoms with Gasteiger partial charge in [-0.05, 0) is 31.4 Å². The van der Waals surface area contributed by atoms with Gasteiger partial charge in [-0.2, -0.15) is 0 Å². The first-order valence-electron chi connectivity index (χ1n) is 9.09. The van der Waals surface area contributed by atoms with Crippen molar-refractivity contribution in [3.8, 4) is 17.3 Å². The number of carbonyl (C=O) groups excluding carboxylic acids is 1. The van der Waals surface area contributed by atoms with Gasteiger partial charge in [-0.15, -0.1) is 10.2 Å². The van der Waals surface area contributed by atoms with E-state index >= 15 is 0 Å². The molecule has 8 nitrogen and oxygen atoms in total. The van der Waals surface area contributed by atoms with Crippen molar-refractivity contribution >= 4 is 17.5 Å². The van der Waals surface area contributed by atoms with E-state index in [0.29, 0.717) is 30.3 Å². The predicted octanol–water partition coefficient (Wildman–Crippen LogP) is 3.45. The maximum Gasteiger partial charge on any atom is 0.267 e. The minimum Gasteiger partial charge on any atom is -0.484 e. The molecule has 1 fully saturated rings. The summed E-state index contributed by atoms with van der Waals surface area (Å²) >= 11 is 5.75. The van der Waals surface area contributed by atoms with Gasteiger partial charge in [0.25, 0.3) is 11.8 Å². The molecule has 150 valence electrons. The smallest absolute Gasteiger partial charge is 0.267 e. The molecule has 3 heterocycles. The molecule has 0 radical (unpaired) electrons. The lowest BCUT2D eigenvalue weighted by Crippen LogP contribution is -2.41. The standard InChI is InChI=1S/C19H17ClFN5O3/c20-13-9-12(4-5-14(13)21)28-11-17(27)26-8-2-1-3-16(26)19-25-24-18(29-19)15-10-22-6-7-23-15/h4-7,9-10,16H,1-3,8,11H2. The highest BCUT2D eigenvalue weighted by atomic mass is 35.5. The zero-order valence-electron chi connectivity index (χ0n) is 15.3. The van der Waals surface area contributed by atoms with Gasteiger partial charge in [0.2, 0.25) is 5.89 Å². The molecule has 1 saturated heterocycles. The van der Waals surface area contributed by atoms with Crippen molar-refractivity contribution in [1.82, 2.24) is 25.1 Å². The van der Waals surface area contributed by atoms with E-state index in [2.05, 4.69) is 20.2 Å². The van der Waals surface area contributed by atoms with Gasteiger partial charge in [0.1, 0.15) is 23.3 Å². The Morgan fingerprint density at radius 3 is 3.00 bits per heavy atom. The molecule has 2 aromatic heterocycles. The second-order valence-electron chi connectivity index (χ2n) is 6.50. The van der Waals surface area contributed by atoms with Crippen molar-refractivity contribution in [2.45, 2.75) is 25.3 Å². The number of aromatic nitrogens is 4. The molecule has 0 spiro atoms. The number of halogens is 2. The minimum atomic E-state index is -0.545. The van der Waals surface area contributed by atoms with E-state index in [0.717, 1.165) is 12.8 Å². The highest BCUT2D eigenvalue weighted by Gasteiger charge is 2.32. The maximum absolute atomic E-state index is 13.3. The van der Waals surface area contributed by atoms with Crippen LogP contribution >= 0.6 is 11.6 Å². The molecule has 1 aliphatic heterocycles. The zero-order valence-corrected chi connectivity index (χ0v) is 16.0. The molecule has 1 amide bonds. The Morgan fingerprint density at radius 2 is 2.21 bits per heavy atom. The van der Waals surface area contributed by atoms with E-state index in [1.165, 1.54) is 30.6 Å². The number of benzene rings is 1. The minimum absolute atomic E-state index is 0.0619. The molecule has 4 rings (SSSR count). The van der Waals surface area contributed by atoms with Crippen LogP contribution in [0.15, 0.2) is 41.2 Å². The van der Waals surface area contributed by atoms with E-state index in [4.69, 9.17) is 20.8 Å². The number of piperidine rings is 1. The van der Waals surface area contributed by atoms with E-state index in [-0.39, 0.29) is 29.5 Å². The third kappa shape index (κ3) is 4.34. The van der Waals surface area contributed by atoms with Crippen LogP contribution in [-0.2, 0) is 4.79 Å². The molecular weight excluding hydrogens is 401 g/mol. The first-order valence-corrected chi connectivity index (χ1v) is 9.47. The molecule has 1 aliphatic rings. The topological polar surface area (TPSA) is 94.2 Å². The Kier molecular flexibility index (Phi) is 5.66. The van der Waals surface area contributed by atoms with Crippen LogP contribution in [0.2, 0.25) is 5.02 Å². The summed E-state index contributed by atoms with van der Waals surface area (Å²) in [7, 11) is 0. The van der Waals surface area contributed by atoms with Gasteiger partial charge in [0, 0.05) is 25.0 Å². The van der Waals surface area contributed by atoms with Crippen molar-refractivity contribution in [2.75, 3.05) is 13.2 Å². The predicted molar refractivity (Wildman–Crippen MR) is 101 cm³/mol. The molecule has 29 heavy (non-hydrogen) atoms. The average Bonchev–Trinajstić information content (AvgIpc) is 3.25. The number of hydrogen-bond acceptors (Lipinski definition) is 7. The van der Waals surface area contributed by atoms with Gasteiger partial charge >= 0.3 is 0 Å². The Labute approximate surface area is 170 Å². The van der Waals surface area contributed by atoms with Gasteiger partial charge in [0.15, 0.2) is 6.61 Å². The van der Waals surface area contributed by atoms with Crippen LogP contribution in [0, 0.1) is 5.82 Å². The van der Waals surface area contributed by atoms with Gasteiger partial charge in [-0.3, -0.25) is 9.78 Å². The van der Waals surface area contributed by atoms with Crippen LogP contribution in [0.4, 0.5) is 4.39 Å². The lowest BCUT2D eigenvalue weighted by atomic mass is 10.0. The fourth-order valence-corrected chi connectivity index (χ4v) is 3.33. The van der Waals surface area contributed by atoms with Crippen molar-refractivity contribution < 1.29 is 18.3 Å². The Hall–Kier alpha value is -3.07. The summed E-state index contributed by atoms with van der Waals surface area (Å²) in [6.07, 6.45) is 7.13. The lowest BCUT2D eigenvalue weighted by molar-refractivity contribution is -0.137. The van der Waals surface area contributed by atoms with Crippen LogP contribution in [-0.4, -0.2) is 44.1 Å². The fourth-order valence-electron chi connectivity index (χ4n) is 3.16. The third-order valence-corrected chi connectivity index (χ3v) is 4.87. The monoisotopic (exact) mass is 417 g/mol. The fraction of sp³-hybridized carbons (Fsp3) is 0.316. The largest absolute Gasteiger partial charge is 0.484 e. The summed E-state index contributed by atoms with van der Waals surface area (Å²) in [6.45, 7) is 0.351. The number of carbonyl (C=O) groups is 1. The van der Waals surface area contributed by atoms with E-state index in [1.54, 1.807) is 11.1 Å². The summed E-state index contributed by atoms with van der Waals surface area (Å²) in [5.41, 5.74) is 0.469. The molecular formula is C19H17ClFN5O3. The molecule has 0 N–H and O–H groups in total. The van der Waals surface area contributed by atoms with Gasteiger partial charge in [-0.1, -0.05) is 11.6 Å². The van der Waals surface area contributed by atoms with Crippen molar-refractivity contribution in [2.24, 2.45) is 0 Å². The van der Waals surface area contributed by atoms with Gasteiger partial charge in [-0.25, -0.2) is 9.37 Å². The van der Waals surface area contributed by atoms with Crippen molar-refractivity contribution in [1.29, 1.82) is 0 Å². The van der Waals surface area contributed by atoms with E-state index in [9.17, 15) is 9.18 Å². The Bertz CT molecular complexity index is 1000. The van der Waals surface area contributed by atoms with Crippen LogP contribution in [0.5, 0.6) is 5.75 Å². The number of amides is 1. The number of nitrogens with zero attached hydrogens (tertiary/aromatic N) is 5. The first-order chi connectivity index (χ1) is 14.1. The quantitative estimate of drug-likeness (QED) is 0.627. The highest BCUT2D eigenvalue weighted by molar-refractivity contribution is 6.30. The molecule has 3 aromatic rings. The van der Waals surface area contributed by atoms with E-state index < -0.39 is 5.82 Å². The molecule has 10 heteroatoms. The number of likely N-dealkylation sites (tertiary alicyclic amines) is 1. The molecule has 1 aromatic carbocycles.